The molecular formula is C11H16N2OS. The van der Waals surface area contributed by atoms with E-state index in [1.54, 1.807) is 12.1 Å². The van der Waals surface area contributed by atoms with Gasteiger partial charge in [-0.05, 0) is 26.3 Å². The van der Waals surface area contributed by atoms with Crippen LogP contribution in [-0.2, 0) is 0 Å². The lowest BCUT2D eigenvalue weighted by atomic mass is 10.2. The molecule has 0 aliphatic rings. The van der Waals surface area contributed by atoms with Crippen LogP contribution in [0.3, 0.4) is 0 Å². The summed E-state index contributed by atoms with van der Waals surface area (Å²) in [6.45, 7) is 7.48. The summed E-state index contributed by atoms with van der Waals surface area (Å²) >= 11 is 1.42. The molecule has 1 heterocycles. The molecule has 0 bridgehead atoms. The Hall–Kier alpha value is -1.29. The van der Waals surface area contributed by atoms with Gasteiger partial charge >= 0.3 is 0 Å². The van der Waals surface area contributed by atoms with Crippen molar-refractivity contribution in [3.63, 3.8) is 0 Å². The average molecular weight is 224 g/mol. The summed E-state index contributed by atoms with van der Waals surface area (Å²) in [7, 11) is 0. The molecule has 0 aromatic carbocycles. The van der Waals surface area contributed by atoms with E-state index in [-0.39, 0.29) is 11.9 Å². The van der Waals surface area contributed by atoms with Crippen molar-refractivity contribution < 1.29 is 4.79 Å². The lowest BCUT2D eigenvalue weighted by Crippen LogP contribution is -2.31. The number of nitrogens with one attached hydrogen (secondary N) is 1. The first-order valence-corrected chi connectivity index (χ1v) is 5.64. The fraction of sp³-hybridized carbons (Fsp3) is 0.364. The summed E-state index contributed by atoms with van der Waals surface area (Å²) < 4.78 is 0. The molecule has 3 N–H and O–H groups in total. The highest BCUT2D eigenvalue weighted by atomic mass is 32.1. The molecule has 3 nitrogen and oxygen atoms in total. The maximum absolute atomic E-state index is 11.7. The minimum absolute atomic E-state index is 0.0610. The minimum Gasteiger partial charge on any atom is -0.398 e. The third-order valence-corrected chi connectivity index (χ3v) is 3.14. The minimum atomic E-state index is -0.0610. The van der Waals surface area contributed by atoms with Crippen molar-refractivity contribution in [2.24, 2.45) is 0 Å². The van der Waals surface area contributed by atoms with E-state index in [0.717, 1.165) is 11.3 Å². The van der Waals surface area contributed by atoms with Crippen molar-refractivity contribution in [1.29, 1.82) is 0 Å². The molecule has 0 radical (unpaired) electrons. The number of thiophene rings is 1. The van der Waals surface area contributed by atoms with Crippen LogP contribution in [0.2, 0.25) is 0 Å². The van der Waals surface area contributed by atoms with Gasteiger partial charge in [-0.1, -0.05) is 6.08 Å². The van der Waals surface area contributed by atoms with Crippen LogP contribution in [0.1, 0.15) is 27.9 Å². The number of aryl methyl sites for hydroxylation is 1. The van der Waals surface area contributed by atoms with Crippen LogP contribution in [0.15, 0.2) is 18.7 Å². The van der Waals surface area contributed by atoms with E-state index in [1.165, 1.54) is 11.3 Å². The molecular weight excluding hydrogens is 208 g/mol. The maximum Gasteiger partial charge on any atom is 0.261 e. The van der Waals surface area contributed by atoms with Crippen molar-refractivity contribution >= 4 is 22.9 Å². The average Bonchev–Trinajstić information content (AvgIpc) is 2.47. The molecule has 0 spiro atoms. The van der Waals surface area contributed by atoms with E-state index < -0.39 is 0 Å². The van der Waals surface area contributed by atoms with Crippen molar-refractivity contribution in [1.82, 2.24) is 5.32 Å². The fourth-order valence-electron chi connectivity index (χ4n) is 1.21. The van der Waals surface area contributed by atoms with Gasteiger partial charge in [0, 0.05) is 16.6 Å². The summed E-state index contributed by atoms with van der Waals surface area (Å²) in [5.41, 5.74) is 6.36. The summed E-state index contributed by atoms with van der Waals surface area (Å²) in [6, 6.07) is 1.83. The van der Waals surface area contributed by atoms with Crippen LogP contribution in [-0.4, -0.2) is 11.9 Å². The topological polar surface area (TPSA) is 55.1 Å². The normalized spacial score (nSPS) is 12.1. The molecule has 0 saturated carbocycles. The molecule has 1 rings (SSSR count). The van der Waals surface area contributed by atoms with E-state index in [1.807, 2.05) is 13.8 Å². The zero-order chi connectivity index (χ0) is 11.4. The van der Waals surface area contributed by atoms with Crippen LogP contribution in [0, 0.1) is 6.92 Å². The molecule has 4 heteroatoms. The van der Waals surface area contributed by atoms with E-state index in [2.05, 4.69) is 11.9 Å². The van der Waals surface area contributed by atoms with E-state index >= 15 is 0 Å². The van der Waals surface area contributed by atoms with E-state index in [0.29, 0.717) is 10.6 Å². The largest absolute Gasteiger partial charge is 0.398 e. The lowest BCUT2D eigenvalue weighted by molar-refractivity contribution is 0.0944. The van der Waals surface area contributed by atoms with Crippen LogP contribution in [0.4, 0.5) is 5.69 Å². The van der Waals surface area contributed by atoms with Crippen molar-refractivity contribution in [2.75, 3.05) is 5.73 Å². The zero-order valence-corrected chi connectivity index (χ0v) is 9.86. The molecule has 0 fully saturated rings. The van der Waals surface area contributed by atoms with Crippen LogP contribution >= 0.6 is 11.3 Å². The second kappa shape index (κ2) is 4.98. The Kier molecular flexibility index (Phi) is 3.91. The first kappa shape index (κ1) is 11.8. The van der Waals surface area contributed by atoms with Gasteiger partial charge in [0.2, 0.25) is 0 Å². The van der Waals surface area contributed by atoms with Gasteiger partial charge < -0.3 is 11.1 Å². The van der Waals surface area contributed by atoms with Gasteiger partial charge in [0.15, 0.2) is 0 Å². The summed E-state index contributed by atoms with van der Waals surface area (Å²) in [5, 5.41) is 2.88. The highest BCUT2D eigenvalue weighted by Crippen LogP contribution is 2.23. The predicted octanol–water partition coefficient (Wildman–Crippen LogP) is 2.33. The number of carbonyl (C=O) groups excluding carboxylic acids is 1. The second-order valence-corrected chi connectivity index (χ2v) is 4.78. The molecule has 82 valence electrons. The standard InChI is InChI=1S/C11H16N2OS/c1-4-5-7(2)13-11(14)10-6-9(12)8(3)15-10/h4,6-7H,1,5,12H2,2-3H3,(H,13,14). The van der Waals surface area contributed by atoms with Gasteiger partial charge in [-0.2, -0.15) is 0 Å². The first-order valence-electron chi connectivity index (χ1n) is 4.82. The number of nitrogens with two attached hydrogens (primary N) is 1. The fourth-order valence-corrected chi connectivity index (χ4v) is 2.06. The predicted molar refractivity (Wildman–Crippen MR) is 65.2 cm³/mol. The molecule has 1 amide bonds. The number of nitrogen functional groups attached to an aromatic ring is 1. The quantitative estimate of drug-likeness (QED) is 0.771. The Morgan fingerprint density at radius 2 is 2.47 bits per heavy atom. The highest BCUT2D eigenvalue weighted by molar-refractivity contribution is 7.14. The monoisotopic (exact) mass is 224 g/mol. The highest BCUT2D eigenvalue weighted by Gasteiger charge is 2.12. The van der Waals surface area contributed by atoms with Crippen LogP contribution < -0.4 is 11.1 Å². The van der Waals surface area contributed by atoms with Gasteiger partial charge in [0.25, 0.3) is 5.91 Å². The van der Waals surface area contributed by atoms with Gasteiger partial charge in [-0.25, -0.2) is 0 Å². The number of rotatable bonds is 4. The molecule has 15 heavy (non-hydrogen) atoms. The van der Waals surface area contributed by atoms with Crippen molar-refractivity contribution in [3.05, 3.63) is 28.5 Å². The zero-order valence-electron chi connectivity index (χ0n) is 9.04. The van der Waals surface area contributed by atoms with Gasteiger partial charge in [-0.15, -0.1) is 17.9 Å². The third kappa shape index (κ3) is 3.09. The smallest absolute Gasteiger partial charge is 0.261 e. The van der Waals surface area contributed by atoms with Crippen LogP contribution in [0.5, 0.6) is 0 Å². The molecule has 0 aliphatic carbocycles. The van der Waals surface area contributed by atoms with Crippen molar-refractivity contribution in [2.45, 2.75) is 26.3 Å². The first-order chi connectivity index (χ1) is 7.04. The molecule has 1 unspecified atom stereocenters. The van der Waals surface area contributed by atoms with E-state index in [9.17, 15) is 4.79 Å². The van der Waals surface area contributed by atoms with Crippen molar-refractivity contribution in [3.8, 4) is 0 Å². The summed E-state index contributed by atoms with van der Waals surface area (Å²) in [5.74, 6) is -0.0610. The Balaban J connectivity index is 2.65. The maximum atomic E-state index is 11.7. The number of amides is 1. The number of hydrogen-bond acceptors (Lipinski definition) is 3. The molecule has 0 aliphatic heterocycles. The molecule has 1 aromatic heterocycles. The number of hydrogen-bond donors (Lipinski definition) is 2. The van der Waals surface area contributed by atoms with E-state index in [4.69, 9.17) is 5.73 Å². The Labute approximate surface area is 94.0 Å². The summed E-state index contributed by atoms with van der Waals surface area (Å²) in [6.07, 6.45) is 2.56. The lowest BCUT2D eigenvalue weighted by Gasteiger charge is -2.09. The van der Waals surface area contributed by atoms with Crippen LogP contribution in [0.25, 0.3) is 0 Å². The van der Waals surface area contributed by atoms with Gasteiger partial charge in [0.05, 0.1) is 4.88 Å². The number of carbonyl (C=O) groups is 1. The number of anilines is 1. The molecule has 0 saturated heterocycles. The Bertz CT molecular complexity index is 351. The molecule has 1 atom stereocenters. The van der Waals surface area contributed by atoms with Gasteiger partial charge in [-0.3, -0.25) is 4.79 Å². The van der Waals surface area contributed by atoms with Gasteiger partial charge in [0.1, 0.15) is 0 Å². The summed E-state index contributed by atoms with van der Waals surface area (Å²) in [4.78, 5) is 13.4. The SMILES string of the molecule is C=CCC(C)NC(=O)c1cc(N)c(C)s1. The second-order valence-electron chi connectivity index (χ2n) is 3.52. The Morgan fingerprint density at radius 3 is 2.93 bits per heavy atom. The third-order valence-electron chi connectivity index (χ3n) is 2.08. The molecule has 1 aromatic rings. The Morgan fingerprint density at radius 1 is 1.80 bits per heavy atom.